The molecule has 0 saturated carbocycles. The zero-order valence-corrected chi connectivity index (χ0v) is 10.4. The van der Waals surface area contributed by atoms with Crippen molar-refractivity contribution in [2.75, 3.05) is 0 Å². The molecule has 1 unspecified atom stereocenters. The van der Waals surface area contributed by atoms with Crippen LogP contribution in [0.4, 0.5) is 0 Å². The molecular formula is C14H20O3. The lowest BCUT2D eigenvalue weighted by molar-refractivity contribution is 0.0697. The van der Waals surface area contributed by atoms with Crippen molar-refractivity contribution in [2.24, 2.45) is 0 Å². The molecule has 0 bridgehead atoms. The van der Waals surface area contributed by atoms with Gasteiger partial charge >= 0.3 is 5.97 Å². The lowest BCUT2D eigenvalue weighted by atomic mass is 10.1. The van der Waals surface area contributed by atoms with E-state index in [1.54, 1.807) is 37.3 Å². The van der Waals surface area contributed by atoms with E-state index in [1.165, 1.54) is 0 Å². The zero-order chi connectivity index (χ0) is 13.3. The van der Waals surface area contributed by atoms with Crippen molar-refractivity contribution < 1.29 is 15.0 Å². The Morgan fingerprint density at radius 3 is 2.12 bits per heavy atom. The van der Waals surface area contributed by atoms with Gasteiger partial charge in [0.1, 0.15) is 0 Å². The molecule has 1 aromatic rings. The summed E-state index contributed by atoms with van der Waals surface area (Å²) in [5, 5.41) is 17.1. The van der Waals surface area contributed by atoms with Gasteiger partial charge in [-0.3, -0.25) is 0 Å². The third kappa shape index (κ3) is 9.33. The molecule has 0 fully saturated rings. The molecule has 0 saturated heterocycles. The van der Waals surface area contributed by atoms with E-state index in [-0.39, 0.29) is 6.10 Å². The van der Waals surface area contributed by atoms with Crippen molar-refractivity contribution in [1.82, 2.24) is 0 Å². The average molecular weight is 236 g/mol. The van der Waals surface area contributed by atoms with Crippen molar-refractivity contribution in [3.63, 3.8) is 0 Å². The Bertz CT molecular complexity index is 342. The molecule has 1 atom stereocenters. The molecule has 3 nitrogen and oxygen atoms in total. The maximum Gasteiger partial charge on any atom is 0.335 e. The molecule has 94 valence electrons. The van der Waals surface area contributed by atoms with E-state index in [4.69, 9.17) is 10.2 Å². The van der Waals surface area contributed by atoms with Crippen LogP contribution >= 0.6 is 0 Å². The molecule has 17 heavy (non-hydrogen) atoms. The predicted octanol–water partition coefficient (Wildman–Crippen LogP) is 3.11. The second-order valence-corrected chi connectivity index (χ2v) is 4.02. The number of aromatic carboxylic acids is 1. The van der Waals surface area contributed by atoms with Crippen LogP contribution in [0, 0.1) is 0 Å². The summed E-state index contributed by atoms with van der Waals surface area (Å²) in [5.41, 5.74) is 1.48. The number of aliphatic hydroxyl groups is 1. The molecule has 2 N–H and O–H groups in total. The standard InChI is InChI=1S/C7H6O2.C7H14O/c8-7(9)6-4-2-1-3-5-6;1-6(2)4-5-7(3)8/h1-5H,(H,8,9);7-8H,1,4-5H2,2-3H3. The summed E-state index contributed by atoms with van der Waals surface area (Å²) >= 11 is 0. The second kappa shape index (κ2) is 8.53. The Morgan fingerprint density at radius 1 is 1.35 bits per heavy atom. The SMILES string of the molecule is C=C(C)CCC(C)O.O=C(O)c1ccccc1. The van der Waals surface area contributed by atoms with Crippen LogP contribution in [0.3, 0.4) is 0 Å². The van der Waals surface area contributed by atoms with Gasteiger partial charge in [-0.25, -0.2) is 4.79 Å². The van der Waals surface area contributed by atoms with Gasteiger partial charge in [0.15, 0.2) is 0 Å². The molecule has 0 radical (unpaired) electrons. The van der Waals surface area contributed by atoms with Crippen LogP contribution in [0.1, 0.15) is 37.0 Å². The first-order chi connectivity index (χ1) is 7.93. The van der Waals surface area contributed by atoms with E-state index in [0.29, 0.717) is 5.56 Å². The first kappa shape index (κ1) is 15.4. The van der Waals surface area contributed by atoms with Gasteiger partial charge < -0.3 is 10.2 Å². The van der Waals surface area contributed by atoms with Crippen molar-refractivity contribution in [1.29, 1.82) is 0 Å². The Hall–Kier alpha value is -1.61. The smallest absolute Gasteiger partial charge is 0.335 e. The molecule has 1 aromatic carbocycles. The maximum absolute atomic E-state index is 10.2. The number of carboxylic acid groups (broad SMARTS) is 1. The lowest BCUT2D eigenvalue weighted by Crippen LogP contribution is -1.98. The topological polar surface area (TPSA) is 57.5 Å². The minimum atomic E-state index is -0.879. The van der Waals surface area contributed by atoms with Crippen LogP contribution in [0.15, 0.2) is 42.5 Å². The van der Waals surface area contributed by atoms with E-state index in [2.05, 4.69) is 6.58 Å². The summed E-state index contributed by atoms with van der Waals surface area (Å²) in [6.07, 6.45) is 1.61. The van der Waals surface area contributed by atoms with Crippen LogP contribution in [-0.2, 0) is 0 Å². The van der Waals surface area contributed by atoms with Gasteiger partial charge in [0.05, 0.1) is 11.7 Å². The van der Waals surface area contributed by atoms with Crippen LogP contribution in [0.2, 0.25) is 0 Å². The highest BCUT2D eigenvalue weighted by Gasteiger charge is 1.96. The third-order valence-electron chi connectivity index (χ3n) is 2.01. The highest BCUT2D eigenvalue weighted by atomic mass is 16.4. The Morgan fingerprint density at radius 2 is 1.88 bits per heavy atom. The molecule has 0 aliphatic carbocycles. The van der Waals surface area contributed by atoms with Gasteiger partial charge in [0.2, 0.25) is 0 Å². The van der Waals surface area contributed by atoms with Crippen LogP contribution in [-0.4, -0.2) is 22.3 Å². The van der Waals surface area contributed by atoms with E-state index in [0.717, 1.165) is 18.4 Å². The first-order valence-electron chi connectivity index (χ1n) is 5.54. The van der Waals surface area contributed by atoms with E-state index >= 15 is 0 Å². The van der Waals surface area contributed by atoms with Gasteiger partial charge in [-0.05, 0) is 38.8 Å². The van der Waals surface area contributed by atoms with Crippen LogP contribution in [0.5, 0.6) is 0 Å². The molecule has 1 rings (SSSR count). The minimum Gasteiger partial charge on any atom is -0.478 e. The summed E-state index contributed by atoms with van der Waals surface area (Å²) in [5.74, 6) is -0.879. The second-order valence-electron chi connectivity index (χ2n) is 4.02. The fourth-order valence-electron chi connectivity index (χ4n) is 1.04. The third-order valence-corrected chi connectivity index (χ3v) is 2.01. The number of rotatable bonds is 4. The number of carbonyl (C=O) groups is 1. The molecule has 0 aliphatic heterocycles. The highest BCUT2D eigenvalue weighted by molar-refractivity contribution is 5.87. The normalized spacial score (nSPS) is 11.0. The molecule has 0 aliphatic rings. The Labute approximate surface area is 102 Å². The molecule has 0 aromatic heterocycles. The fraction of sp³-hybridized carbons (Fsp3) is 0.357. The molecule has 0 spiro atoms. The van der Waals surface area contributed by atoms with Crippen LogP contribution < -0.4 is 0 Å². The van der Waals surface area contributed by atoms with Gasteiger partial charge in [-0.2, -0.15) is 0 Å². The Kier molecular flexibility index (Phi) is 7.72. The molecule has 0 amide bonds. The summed E-state index contributed by atoms with van der Waals surface area (Å²) in [7, 11) is 0. The minimum absolute atomic E-state index is 0.174. The highest BCUT2D eigenvalue weighted by Crippen LogP contribution is 2.02. The molecule has 0 heterocycles. The van der Waals surface area contributed by atoms with Gasteiger partial charge in [-0.1, -0.05) is 23.8 Å². The number of carboxylic acids is 1. The number of benzene rings is 1. The predicted molar refractivity (Wildman–Crippen MR) is 69.1 cm³/mol. The monoisotopic (exact) mass is 236 g/mol. The molecular weight excluding hydrogens is 216 g/mol. The lowest BCUT2D eigenvalue weighted by Gasteiger charge is -2.00. The van der Waals surface area contributed by atoms with Crippen LogP contribution in [0.25, 0.3) is 0 Å². The largest absolute Gasteiger partial charge is 0.478 e. The van der Waals surface area contributed by atoms with E-state index in [9.17, 15) is 4.79 Å². The Balaban J connectivity index is 0.000000304. The number of allylic oxidation sites excluding steroid dienone is 1. The zero-order valence-electron chi connectivity index (χ0n) is 10.4. The van der Waals surface area contributed by atoms with Crippen molar-refractivity contribution in [3.8, 4) is 0 Å². The quantitative estimate of drug-likeness (QED) is 0.790. The van der Waals surface area contributed by atoms with Crippen molar-refractivity contribution >= 4 is 5.97 Å². The average Bonchev–Trinajstić information content (AvgIpc) is 2.28. The summed E-state index contributed by atoms with van der Waals surface area (Å²) in [4.78, 5) is 10.2. The first-order valence-corrected chi connectivity index (χ1v) is 5.54. The van der Waals surface area contributed by atoms with Gasteiger partial charge in [0, 0.05) is 0 Å². The number of hydrogen-bond donors (Lipinski definition) is 2. The fourth-order valence-corrected chi connectivity index (χ4v) is 1.04. The summed E-state index contributed by atoms with van der Waals surface area (Å²) in [6.45, 7) is 7.49. The number of aliphatic hydroxyl groups excluding tert-OH is 1. The van der Waals surface area contributed by atoms with Gasteiger partial charge in [-0.15, -0.1) is 6.58 Å². The summed E-state index contributed by atoms with van der Waals surface area (Å²) < 4.78 is 0. The van der Waals surface area contributed by atoms with Crippen molar-refractivity contribution in [3.05, 3.63) is 48.0 Å². The van der Waals surface area contributed by atoms with Crippen molar-refractivity contribution in [2.45, 2.75) is 32.8 Å². The summed E-state index contributed by atoms with van der Waals surface area (Å²) in [6, 6.07) is 8.30. The van der Waals surface area contributed by atoms with E-state index in [1.807, 2.05) is 6.92 Å². The molecule has 3 heteroatoms. The van der Waals surface area contributed by atoms with E-state index < -0.39 is 5.97 Å². The maximum atomic E-state index is 10.2. The number of hydrogen-bond acceptors (Lipinski definition) is 2. The van der Waals surface area contributed by atoms with Gasteiger partial charge in [0.25, 0.3) is 0 Å².